The van der Waals surface area contributed by atoms with Crippen LogP contribution < -0.4 is 16.9 Å². The fourth-order valence-electron chi connectivity index (χ4n) is 4.19. The standard InChI is InChI=1S/C24H21F2N3O.C5H4F3N3O/c1-2-3-6-10-29-11-9-16-12-20(22(26)13-19(16)24(29)30)23-27-14-17(15-28-23)18-7-4-5-8-21(18)25;6-5(7,8)3-2(9)1-10-11-4(3)12/h4-5,7-9,11-15H,2-3,6,10H2,1H3;1H,(H3,9,11,12). The number of H-pyrrole nitrogens is 1. The van der Waals surface area contributed by atoms with Gasteiger partial charge in [0.25, 0.3) is 11.1 Å². The Balaban J connectivity index is 0.000000283. The maximum Gasteiger partial charge on any atom is 0.423 e. The molecule has 0 saturated carbocycles. The highest BCUT2D eigenvalue weighted by atomic mass is 19.4. The van der Waals surface area contributed by atoms with Crippen LogP contribution in [0.15, 0.2) is 76.8 Å². The van der Waals surface area contributed by atoms with Gasteiger partial charge in [0.15, 0.2) is 5.82 Å². The SMILES string of the molecule is CCCCCn1ccc2cc(-c3ncc(-c4ccccc4F)cn3)c(F)cc2c1=O.Nc1cn[nH]c(=O)c1C(F)(F)F. The summed E-state index contributed by atoms with van der Waals surface area (Å²) < 4.78 is 66.3. The Morgan fingerprint density at radius 3 is 2.26 bits per heavy atom. The topological polar surface area (TPSA) is 120 Å². The summed E-state index contributed by atoms with van der Waals surface area (Å²) >= 11 is 0. The third-order valence-electron chi connectivity index (χ3n) is 6.31. The van der Waals surface area contributed by atoms with Crippen molar-refractivity contribution >= 4 is 16.5 Å². The van der Waals surface area contributed by atoms with Gasteiger partial charge in [-0.2, -0.15) is 18.3 Å². The molecular weight excluding hydrogens is 559 g/mol. The Morgan fingerprint density at radius 2 is 1.64 bits per heavy atom. The first-order valence-electron chi connectivity index (χ1n) is 12.8. The lowest BCUT2D eigenvalue weighted by Gasteiger charge is -2.09. The van der Waals surface area contributed by atoms with Crippen LogP contribution in [0.5, 0.6) is 0 Å². The Kier molecular flexibility index (Phi) is 9.09. The van der Waals surface area contributed by atoms with Crippen LogP contribution in [0.25, 0.3) is 33.3 Å². The van der Waals surface area contributed by atoms with Crippen molar-refractivity contribution in [2.45, 2.75) is 38.9 Å². The summed E-state index contributed by atoms with van der Waals surface area (Å²) in [5, 5.41) is 5.70. The highest BCUT2D eigenvalue weighted by molar-refractivity contribution is 5.86. The number of aromatic amines is 1. The fraction of sp³-hybridized carbons (Fsp3) is 0.207. The number of aromatic nitrogens is 5. The number of pyridine rings is 1. The molecule has 3 heterocycles. The highest BCUT2D eigenvalue weighted by Crippen LogP contribution is 2.29. The van der Waals surface area contributed by atoms with Crippen LogP contribution >= 0.6 is 0 Å². The number of aryl methyl sites for hydroxylation is 1. The summed E-state index contributed by atoms with van der Waals surface area (Å²) in [6.07, 6.45) is 3.69. The molecule has 5 aromatic rings. The summed E-state index contributed by atoms with van der Waals surface area (Å²) in [5.41, 5.74) is 2.38. The molecular formula is C29H25F5N6O2. The van der Waals surface area contributed by atoms with E-state index < -0.39 is 28.8 Å². The molecule has 0 unspecified atom stereocenters. The summed E-state index contributed by atoms with van der Waals surface area (Å²) in [5.74, 6) is -0.757. The van der Waals surface area contributed by atoms with E-state index in [0.717, 1.165) is 25.5 Å². The van der Waals surface area contributed by atoms with Gasteiger partial charge in [0.2, 0.25) is 0 Å². The van der Waals surface area contributed by atoms with Crippen LogP contribution in [-0.2, 0) is 12.7 Å². The van der Waals surface area contributed by atoms with E-state index in [0.29, 0.717) is 28.4 Å². The maximum absolute atomic E-state index is 14.8. The van der Waals surface area contributed by atoms with E-state index in [-0.39, 0.29) is 22.8 Å². The van der Waals surface area contributed by atoms with Crippen molar-refractivity contribution in [3.8, 4) is 22.5 Å². The molecule has 0 aliphatic rings. The van der Waals surface area contributed by atoms with Crippen molar-refractivity contribution in [3.05, 3.63) is 105 Å². The number of rotatable bonds is 6. The summed E-state index contributed by atoms with van der Waals surface area (Å²) in [6.45, 7) is 2.72. The number of nitrogen functional groups attached to an aromatic ring is 1. The zero-order valence-electron chi connectivity index (χ0n) is 22.3. The molecule has 42 heavy (non-hydrogen) atoms. The number of fused-ring (bicyclic) bond motifs is 1. The van der Waals surface area contributed by atoms with Crippen molar-refractivity contribution < 1.29 is 22.0 Å². The van der Waals surface area contributed by atoms with Crippen LogP contribution in [0, 0.1) is 11.6 Å². The van der Waals surface area contributed by atoms with Crippen LogP contribution in [0.1, 0.15) is 31.7 Å². The van der Waals surface area contributed by atoms with Gasteiger partial charge in [0.05, 0.1) is 22.8 Å². The molecule has 0 atom stereocenters. The molecule has 218 valence electrons. The molecule has 0 amide bonds. The van der Waals surface area contributed by atoms with Gasteiger partial charge < -0.3 is 10.3 Å². The zero-order valence-corrected chi connectivity index (χ0v) is 22.3. The Hall–Kier alpha value is -4.94. The lowest BCUT2D eigenvalue weighted by molar-refractivity contribution is -0.138. The summed E-state index contributed by atoms with van der Waals surface area (Å²) in [4.78, 5) is 31.7. The van der Waals surface area contributed by atoms with Gasteiger partial charge in [-0.1, -0.05) is 38.0 Å². The molecule has 0 fully saturated rings. The molecule has 13 heteroatoms. The minimum Gasteiger partial charge on any atom is -0.397 e. The molecule has 0 spiro atoms. The first kappa shape index (κ1) is 30.0. The van der Waals surface area contributed by atoms with Crippen LogP contribution in [0.4, 0.5) is 27.6 Å². The molecule has 3 N–H and O–H groups in total. The quantitative estimate of drug-likeness (QED) is 0.188. The molecule has 2 aromatic carbocycles. The second kappa shape index (κ2) is 12.7. The minimum atomic E-state index is -4.74. The Morgan fingerprint density at radius 1 is 0.929 bits per heavy atom. The van der Waals surface area contributed by atoms with E-state index in [1.165, 1.54) is 24.5 Å². The number of alkyl halides is 3. The van der Waals surface area contributed by atoms with E-state index in [4.69, 9.17) is 5.73 Å². The number of nitrogens with one attached hydrogen (secondary N) is 1. The van der Waals surface area contributed by atoms with Crippen molar-refractivity contribution in [2.24, 2.45) is 0 Å². The van der Waals surface area contributed by atoms with Gasteiger partial charge in [-0.15, -0.1) is 0 Å². The molecule has 0 bridgehead atoms. The second-order valence-electron chi connectivity index (χ2n) is 9.24. The van der Waals surface area contributed by atoms with Gasteiger partial charge in [0, 0.05) is 36.3 Å². The van der Waals surface area contributed by atoms with Crippen LogP contribution in [0.3, 0.4) is 0 Å². The van der Waals surface area contributed by atoms with Gasteiger partial charge in [-0.25, -0.2) is 23.8 Å². The molecule has 5 rings (SSSR count). The number of anilines is 1. The van der Waals surface area contributed by atoms with E-state index in [2.05, 4.69) is 22.0 Å². The fourth-order valence-corrected chi connectivity index (χ4v) is 4.19. The van der Waals surface area contributed by atoms with E-state index >= 15 is 0 Å². The molecule has 0 aliphatic carbocycles. The largest absolute Gasteiger partial charge is 0.423 e. The smallest absolute Gasteiger partial charge is 0.397 e. The highest BCUT2D eigenvalue weighted by Gasteiger charge is 2.36. The molecule has 0 saturated heterocycles. The predicted octanol–water partition coefficient (Wildman–Crippen LogP) is 5.96. The van der Waals surface area contributed by atoms with Gasteiger partial charge in [-0.05, 0) is 36.1 Å². The monoisotopic (exact) mass is 584 g/mol. The maximum atomic E-state index is 14.8. The third kappa shape index (κ3) is 6.67. The van der Waals surface area contributed by atoms with E-state index in [1.807, 2.05) is 0 Å². The number of unbranched alkanes of at least 4 members (excludes halogenated alkanes) is 2. The van der Waals surface area contributed by atoms with Crippen LogP contribution in [-0.4, -0.2) is 24.7 Å². The molecule has 0 radical (unpaired) electrons. The Labute approximate surface area is 235 Å². The normalized spacial score (nSPS) is 11.3. The Bertz CT molecular complexity index is 1820. The molecule has 3 aromatic heterocycles. The number of hydrogen-bond acceptors (Lipinski definition) is 6. The second-order valence-corrected chi connectivity index (χ2v) is 9.24. The minimum absolute atomic E-state index is 0.182. The number of benzene rings is 2. The summed E-state index contributed by atoms with van der Waals surface area (Å²) in [7, 11) is 0. The predicted molar refractivity (Wildman–Crippen MR) is 148 cm³/mol. The lowest BCUT2D eigenvalue weighted by atomic mass is 10.1. The van der Waals surface area contributed by atoms with E-state index in [9.17, 15) is 31.5 Å². The zero-order chi connectivity index (χ0) is 30.4. The first-order chi connectivity index (χ1) is 20.0. The number of hydrogen-bond donors (Lipinski definition) is 2. The van der Waals surface area contributed by atoms with Crippen molar-refractivity contribution in [1.29, 1.82) is 0 Å². The van der Waals surface area contributed by atoms with Crippen LogP contribution in [0.2, 0.25) is 0 Å². The van der Waals surface area contributed by atoms with Gasteiger partial charge in [-0.3, -0.25) is 9.59 Å². The van der Waals surface area contributed by atoms with Gasteiger partial charge in [0.1, 0.15) is 17.2 Å². The van der Waals surface area contributed by atoms with Crippen molar-refractivity contribution in [3.63, 3.8) is 0 Å². The van der Waals surface area contributed by atoms with E-state index in [1.54, 1.807) is 46.2 Å². The van der Waals surface area contributed by atoms with Crippen molar-refractivity contribution in [1.82, 2.24) is 24.7 Å². The number of halogens is 5. The third-order valence-corrected chi connectivity index (χ3v) is 6.31. The lowest BCUT2D eigenvalue weighted by Crippen LogP contribution is -2.24. The number of nitrogens with two attached hydrogens (primary N) is 1. The first-order valence-corrected chi connectivity index (χ1v) is 12.8. The summed E-state index contributed by atoms with van der Waals surface area (Å²) in [6, 6.07) is 11.0. The number of nitrogens with zero attached hydrogens (tertiary/aromatic N) is 4. The average molecular weight is 585 g/mol. The molecule has 0 aliphatic heterocycles. The molecule has 8 nitrogen and oxygen atoms in total. The van der Waals surface area contributed by atoms with Gasteiger partial charge >= 0.3 is 6.18 Å². The van der Waals surface area contributed by atoms with Crippen molar-refractivity contribution in [2.75, 3.05) is 5.73 Å². The average Bonchev–Trinajstić information content (AvgIpc) is 2.94.